The van der Waals surface area contributed by atoms with Crippen LogP contribution in [0, 0.1) is 13.8 Å². The highest BCUT2D eigenvalue weighted by Crippen LogP contribution is 2.43. The molecule has 2 unspecified atom stereocenters. The highest BCUT2D eigenvalue weighted by atomic mass is 16.6. The number of piperidine rings is 1. The molecule has 3 rings (SSSR count). The highest BCUT2D eigenvalue weighted by Gasteiger charge is 2.53. The van der Waals surface area contributed by atoms with E-state index in [1.54, 1.807) is 0 Å². The van der Waals surface area contributed by atoms with Crippen molar-refractivity contribution in [2.45, 2.75) is 90.7 Å². The molecule has 0 aromatic heterocycles. The van der Waals surface area contributed by atoms with Gasteiger partial charge in [-0.05, 0) is 60.1 Å². The van der Waals surface area contributed by atoms with Gasteiger partial charge in [0.1, 0.15) is 17.9 Å². The number of epoxide rings is 1. The average molecular weight is 403 g/mol. The Balaban J connectivity index is 1.56. The van der Waals surface area contributed by atoms with Crippen molar-refractivity contribution in [1.29, 1.82) is 0 Å². The molecular formula is C24H38N2O3. The number of likely N-dealkylation sites (N-methyl/N-ethyl adjacent to an activating group) is 1. The molecule has 0 N–H and O–H groups in total. The van der Waals surface area contributed by atoms with Crippen molar-refractivity contribution in [2.75, 3.05) is 20.1 Å². The third kappa shape index (κ3) is 5.13. The predicted octanol–water partition coefficient (Wildman–Crippen LogP) is 4.64. The lowest BCUT2D eigenvalue weighted by Crippen LogP contribution is -2.48. The van der Waals surface area contributed by atoms with E-state index in [1.807, 2.05) is 25.7 Å². The van der Waals surface area contributed by atoms with Gasteiger partial charge in [0.05, 0.1) is 0 Å². The normalized spacial score (nSPS) is 23.4. The van der Waals surface area contributed by atoms with Gasteiger partial charge in [-0.1, -0.05) is 43.2 Å². The molecule has 29 heavy (non-hydrogen) atoms. The van der Waals surface area contributed by atoms with Gasteiger partial charge in [0.15, 0.2) is 0 Å². The summed E-state index contributed by atoms with van der Waals surface area (Å²) >= 11 is 0. The number of rotatable bonds is 4. The summed E-state index contributed by atoms with van der Waals surface area (Å²) in [6, 6.07) is 7.21. The van der Waals surface area contributed by atoms with E-state index in [2.05, 4.69) is 57.8 Å². The zero-order valence-corrected chi connectivity index (χ0v) is 19.4. The van der Waals surface area contributed by atoms with E-state index in [9.17, 15) is 4.79 Å². The van der Waals surface area contributed by atoms with Crippen LogP contribution >= 0.6 is 0 Å². The molecule has 5 nitrogen and oxygen atoms in total. The largest absolute Gasteiger partial charge is 0.444 e. The molecule has 0 radical (unpaired) electrons. The average Bonchev–Trinajstić information content (AvgIpc) is 3.40. The lowest BCUT2D eigenvalue weighted by atomic mass is 9.79. The number of nitrogens with zero attached hydrogens (tertiary/aromatic N) is 2. The minimum atomic E-state index is -0.445. The molecule has 2 atom stereocenters. The second-order valence-electron chi connectivity index (χ2n) is 10.4. The van der Waals surface area contributed by atoms with Gasteiger partial charge in [0.2, 0.25) is 0 Å². The first-order chi connectivity index (χ1) is 13.4. The maximum atomic E-state index is 12.3. The van der Waals surface area contributed by atoms with Crippen molar-refractivity contribution < 1.29 is 14.3 Å². The number of likely N-dealkylation sites (tertiary alicyclic amines) is 1. The van der Waals surface area contributed by atoms with Crippen LogP contribution in [0.3, 0.4) is 0 Å². The van der Waals surface area contributed by atoms with Crippen LogP contribution in [-0.4, -0.2) is 60.0 Å². The zero-order valence-electron chi connectivity index (χ0n) is 19.4. The molecule has 0 saturated carbocycles. The molecule has 162 valence electrons. The van der Waals surface area contributed by atoms with E-state index in [0.29, 0.717) is 6.04 Å². The second-order valence-corrected chi connectivity index (χ2v) is 10.4. The first kappa shape index (κ1) is 22.1. The molecule has 1 aromatic carbocycles. The summed E-state index contributed by atoms with van der Waals surface area (Å²) < 4.78 is 11.7. The quantitative estimate of drug-likeness (QED) is 0.689. The van der Waals surface area contributed by atoms with E-state index in [0.717, 1.165) is 25.9 Å². The molecule has 2 saturated heterocycles. The van der Waals surface area contributed by atoms with E-state index < -0.39 is 5.60 Å². The standard InChI is InChI=1S/C24H38N2O3/c1-16-13-17(2)15-18(14-16)24(6,7)20-21(28-20)25(8)19-9-11-26(12-10-19)22(27)29-23(3,4)5/h13-15,19-21H,9-12H2,1-8H3. The Bertz CT molecular complexity index is 725. The van der Waals surface area contributed by atoms with Crippen LogP contribution in [0.1, 0.15) is 64.2 Å². The van der Waals surface area contributed by atoms with Gasteiger partial charge in [-0.3, -0.25) is 4.90 Å². The van der Waals surface area contributed by atoms with Gasteiger partial charge in [0.25, 0.3) is 0 Å². The van der Waals surface area contributed by atoms with Crippen molar-refractivity contribution in [3.8, 4) is 0 Å². The van der Waals surface area contributed by atoms with Gasteiger partial charge >= 0.3 is 6.09 Å². The molecular weight excluding hydrogens is 364 g/mol. The van der Waals surface area contributed by atoms with Crippen molar-refractivity contribution in [2.24, 2.45) is 0 Å². The van der Waals surface area contributed by atoms with Crippen LogP contribution in [0.25, 0.3) is 0 Å². The van der Waals surface area contributed by atoms with Crippen LogP contribution in [0.5, 0.6) is 0 Å². The number of carbonyl (C=O) groups excluding carboxylic acids is 1. The highest BCUT2D eigenvalue weighted by molar-refractivity contribution is 5.68. The summed E-state index contributed by atoms with van der Waals surface area (Å²) in [6.07, 6.45) is 2.04. The maximum Gasteiger partial charge on any atom is 0.410 e. The smallest absolute Gasteiger partial charge is 0.410 e. The fourth-order valence-corrected chi connectivity index (χ4v) is 4.44. The van der Waals surface area contributed by atoms with Crippen molar-refractivity contribution in [1.82, 2.24) is 9.80 Å². The number of ether oxygens (including phenoxy) is 2. The predicted molar refractivity (Wildman–Crippen MR) is 116 cm³/mol. The summed E-state index contributed by atoms with van der Waals surface area (Å²) in [5.41, 5.74) is 3.46. The van der Waals surface area contributed by atoms with Crippen LogP contribution in [0.2, 0.25) is 0 Å². The minimum absolute atomic E-state index is 0.0348. The number of amides is 1. The third-order valence-corrected chi connectivity index (χ3v) is 6.24. The monoisotopic (exact) mass is 402 g/mol. The Morgan fingerprint density at radius 3 is 2.14 bits per heavy atom. The molecule has 0 bridgehead atoms. The molecule has 2 heterocycles. The molecule has 1 amide bonds. The van der Waals surface area contributed by atoms with Gasteiger partial charge in [-0.15, -0.1) is 0 Å². The lowest BCUT2D eigenvalue weighted by molar-refractivity contribution is 0.0133. The van der Waals surface area contributed by atoms with Gasteiger partial charge in [0, 0.05) is 24.5 Å². The number of hydrogen-bond acceptors (Lipinski definition) is 4. The summed E-state index contributed by atoms with van der Waals surface area (Å²) in [5.74, 6) is 0. The maximum absolute atomic E-state index is 12.3. The van der Waals surface area contributed by atoms with Crippen molar-refractivity contribution >= 4 is 6.09 Å². The Morgan fingerprint density at radius 2 is 1.62 bits per heavy atom. The molecule has 0 aliphatic carbocycles. The first-order valence-electron chi connectivity index (χ1n) is 10.8. The third-order valence-electron chi connectivity index (χ3n) is 6.24. The summed E-state index contributed by atoms with van der Waals surface area (Å²) in [4.78, 5) is 16.5. The van der Waals surface area contributed by atoms with Gasteiger partial charge in [-0.25, -0.2) is 4.79 Å². The molecule has 0 spiro atoms. The van der Waals surface area contributed by atoms with Crippen LogP contribution in [0.4, 0.5) is 4.79 Å². The summed E-state index contributed by atoms with van der Waals surface area (Å²) in [5, 5.41) is 0. The summed E-state index contributed by atoms with van der Waals surface area (Å²) in [6.45, 7) is 16.1. The van der Waals surface area contributed by atoms with Gasteiger partial charge in [-0.2, -0.15) is 0 Å². The molecule has 2 aliphatic rings. The molecule has 1 aromatic rings. The van der Waals surface area contributed by atoms with Crippen LogP contribution < -0.4 is 0 Å². The molecule has 2 aliphatic heterocycles. The van der Waals surface area contributed by atoms with Crippen LogP contribution in [-0.2, 0) is 14.9 Å². The Hall–Kier alpha value is -1.59. The number of benzene rings is 1. The molecule has 2 fully saturated rings. The topological polar surface area (TPSA) is 45.3 Å². The van der Waals surface area contributed by atoms with E-state index in [4.69, 9.17) is 9.47 Å². The first-order valence-corrected chi connectivity index (χ1v) is 10.8. The fraction of sp³-hybridized carbons (Fsp3) is 0.708. The fourth-order valence-electron chi connectivity index (χ4n) is 4.44. The van der Waals surface area contributed by atoms with Crippen molar-refractivity contribution in [3.63, 3.8) is 0 Å². The van der Waals surface area contributed by atoms with E-state index in [-0.39, 0.29) is 23.8 Å². The Labute approximate surface area is 176 Å². The zero-order chi connectivity index (χ0) is 21.6. The molecule has 5 heteroatoms. The van der Waals surface area contributed by atoms with Gasteiger partial charge < -0.3 is 14.4 Å². The number of hydrogen-bond donors (Lipinski definition) is 0. The lowest BCUT2D eigenvalue weighted by Gasteiger charge is -2.37. The Morgan fingerprint density at radius 1 is 1.07 bits per heavy atom. The van der Waals surface area contributed by atoms with E-state index in [1.165, 1.54) is 16.7 Å². The second kappa shape index (κ2) is 7.92. The summed E-state index contributed by atoms with van der Waals surface area (Å²) in [7, 11) is 2.16. The number of aryl methyl sites for hydroxylation is 2. The van der Waals surface area contributed by atoms with Crippen LogP contribution in [0.15, 0.2) is 18.2 Å². The van der Waals surface area contributed by atoms with Crippen molar-refractivity contribution in [3.05, 3.63) is 34.9 Å². The minimum Gasteiger partial charge on any atom is -0.444 e. The van der Waals surface area contributed by atoms with E-state index >= 15 is 0 Å². The number of carbonyl (C=O) groups is 1. The Kier molecular flexibility index (Phi) is 6.03. The SMILES string of the molecule is Cc1cc(C)cc(C(C)(C)C2OC2N(C)C2CCN(C(=O)OC(C)(C)C)CC2)c1.